The summed E-state index contributed by atoms with van der Waals surface area (Å²) in [6.07, 6.45) is 0.00902. The van der Waals surface area contributed by atoms with Gasteiger partial charge in [0.1, 0.15) is 29.8 Å². The summed E-state index contributed by atoms with van der Waals surface area (Å²) in [6, 6.07) is -0.862. The number of nitrogens with zero attached hydrogens (tertiary/aromatic N) is 3. The van der Waals surface area contributed by atoms with Gasteiger partial charge in [-0.25, -0.2) is 4.68 Å². The van der Waals surface area contributed by atoms with E-state index in [0.29, 0.717) is 0 Å². The molecular formula is C11H18N4O5S. The topological polar surface area (TPSA) is 130 Å². The van der Waals surface area contributed by atoms with E-state index in [1.54, 1.807) is 6.26 Å². The number of rotatable bonds is 4. The van der Waals surface area contributed by atoms with Gasteiger partial charge >= 0.3 is 0 Å². The van der Waals surface area contributed by atoms with Crippen molar-refractivity contribution < 1.29 is 24.9 Å². The molecule has 0 spiro atoms. The van der Waals surface area contributed by atoms with E-state index in [-0.39, 0.29) is 5.69 Å². The average Bonchev–Trinajstić information content (AvgIpc) is 2.96. The minimum atomic E-state index is -1.17. The lowest BCUT2D eigenvalue weighted by Crippen LogP contribution is -2.54. The smallest absolute Gasteiger partial charge is 0.273 e. The summed E-state index contributed by atoms with van der Waals surface area (Å²) in [7, 11) is 1.46. The first kappa shape index (κ1) is 16.2. The number of aliphatic hydroxyl groups excluding tert-OH is 3. The summed E-state index contributed by atoms with van der Waals surface area (Å²) in [5.74, 6) is -0.419. The van der Waals surface area contributed by atoms with Crippen LogP contribution in [0.1, 0.15) is 16.5 Å². The first-order valence-corrected chi connectivity index (χ1v) is 7.61. The van der Waals surface area contributed by atoms with Crippen molar-refractivity contribution in [2.45, 2.75) is 29.8 Å². The van der Waals surface area contributed by atoms with Crippen molar-refractivity contribution in [3.63, 3.8) is 0 Å². The molecule has 0 bridgehead atoms. The Morgan fingerprint density at radius 1 is 1.52 bits per heavy atom. The number of hydrogen-bond acceptors (Lipinski definition) is 8. The Morgan fingerprint density at radius 3 is 2.81 bits per heavy atom. The lowest BCUT2D eigenvalue weighted by atomic mass is 9.97. The third kappa shape index (κ3) is 3.04. The first-order valence-electron chi connectivity index (χ1n) is 6.32. The molecule has 21 heavy (non-hydrogen) atoms. The summed E-state index contributed by atoms with van der Waals surface area (Å²) in [6.45, 7) is -0.390. The Hall–Kier alpha value is -1.20. The molecule has 1 aliphatic rings. The van der Waals surface area contributed by atoms with Crippen LogP contribution >= 0.6 is 11.8 Å². The Labute approximate surface area is 125 Å². The van der Waals surface area contributed by atoms with Crippen molar-refractivity contribution in [2.24, 2.45) is 0 Å². The second kappa shape index (κ2) is 6.71. The first-order chi connectivity index (χ1) is 10.0. The minimum absolute atomic E-state index is 0.0737. The molecule has 1 aliphatic heterocycles. The van der Waals surface area contributed by atoms with Gasteiger partial charge < -0.3 is 25.4 Å². The molecule has 0 aliphatic carbocycles. The van der Waals surface area contributed by atoms with Crippen LogP contribution in [0.2, 0.25) is 0 Å². The van der Waals surface area contributed by atoms with Gasteiger partial charge in [0.05, 0.1) is 12.8 Å². The maximum Gasteiger partial charge on any atom is 0.273 e. The number of carbonyl (C=O) groups is 1. The average molecular weight is 318 g/mol. The standard InChI is InChI=1S/C11H18N4O5S/c1-12-10(19)5-3-15(14-13-5)7-8(17)6(4-16)20-11(21-2)9(7)18/h3,6-9,11,16-18H,4H2,1-2H3,(H,12,19)/t6?,7-,8-,9?,11-/m0/s1. The zero-order chi connectivity index (χ0) is 15.6. The predicted molar refractivity (Wildman–Crippen MR) is 73.7 cm³/mol. The molecule has 1 amide bonds. The van der Waals surface area contributed by atoms with E-state index in [1.807, 2.05) is 0 Å². The van der Waals surface area contributed by atoms with Gasteiger partial charge in [-0.2, -0.15) is 0 Å². The maximum absolute atomic E-state index is 11.5. The highest BCUT2D eigenvalue weighted by molar-refractivity contribution is 7.99. The molecule has 2 rings (SSSR count). The molecular weight excluding hydrogens is 300 g/mol. The van der Waals surface area contributed by atoms with Crippen LogP contribution in [0, 0.1) is 0 Å². The number of aromatic nitrogens is 3. The van der Waals surface area contributed by atoms with E-state index in [4.69, 9.17) is 4.74 Å². The lowest BCUT2D eigenvalue weighted by Gasteiger charge is -2.41. The normalized spacial score (nSPS) is 32.9. The molecule has 5 atom stereocenters. The van der Waals surface area contributed by atoms with E-state index in [0.717, 1.165) is 0 Å². The summed E-state index contributed by atoms with van der Waals surface area (Å²) in [5, 5.41) is 39.7. The van der Waals surface area contributed by atoms with Gasteiger partial charge in [0, 0.05) is 7.05 Å². The molecule has 0 radical (unpaired) electrons. The van der Waals surface area contributed by atoms with Crippen molar-refractivity contribution in [3.05, 3.63) is 11.9 Å². The molecule has 1 fully saturated rings. The van der Waals surface area contributed by atoms with E-state index >= 15 is 0 Å². The molecule has 1 aromatic rings. The highest BCUT2D eigenvalue weighted by Gasteiger charge is 2.45. The fourth-order valence-corrected chi connectivity index (χ4v) is 2.92. The molecule has 2 heterocycles. The molecule has 1 aromatic heterocycles. The second-order valence-electron chi connectivity index (χ2n) is 4.60. The predicted octanol–water partition coefficient (Wildman–Crippen LogP) is -2.02. The zero-order valence-electron chi connectivity index (χ0n) is 11.6. The van der Waals surface area contributed by atoms with Crippen molar-refractivity contribution in [1.29, 1.82) is 0 Å². The van der Waals surface area contributed by atoms with Crippen LogP contribution < -0.4 is 5.32 Å². The highest BCUT2D eigenvalue weighted by atomic mass is 32.2. The monoisotopic (exact) mass is 318 g/mol. The summed E-state index contributed by atoms with van der Waals surface area (Å²) >= 11 is 1.26. The molecule has 1 saturated heterocycles. The molecule has 10 heteroatoms. The number of thioether (sulfide) groups is 1. The van der Waals surface area contributed by atoms with Crippen LogP contribution in [0.15, 0.2) is 6.20 Å². The molecule has 0 aromatic carbocycles. The number of hydrogen-bond donors (Lipinski definition) is 4. The van der Waals surface area contributed by atoms with Crippen molar-refractivity contribution in [3.8, 4) is 0 Å². The van der Waals surface area contributed by atoms with Gasteiger partial charge in [0.25, 0.3) is 5.91 Å². The number of amides is 1. The Balaban J connectivity index is 2.29. The third-order valence-corrected chi connectivity index (χ3v) is 4.21. The quantitative estimate of drug-likeness (QED) is 0.501. The summed E-state index contributed by atoms with van der Waals surface area (Å²) < 4.78 is 6.64. The molecule has 118 valence electrons. The van der Waals surface area contributed by atoms with Gasteiger partial charge in [-0.05, 0) is 6.26 Å². The van der Waals surface area contributed by atoms with Gasteiger partial charge in [0.15, 0.2) is 5.69 Å². The fraction of sp³-hybridized carbons (Fsp3) is 0.727. The van der Waals surface area contributed by atoms with Crippen LogP contribution in [0.5, 0.6) is 0 Å². The maximum atomic E-state index is 11.5. The van der Waals surface area contributed by atoms with E-state index in [1.165, 1.54) is 29.7 Å². The minimum Gasteiger partial charge on any atom is -0.394 e. The molecule has 0 saturated carbocycles. The molecule has 4 N–H and O–H groups in total. The van der Waals surface area contributed by atoms with E-state index in [9.17, 15) is 20.1 Å². The number of nitrogens with one attached hydrogen (secondary N) is 1. The highest BCUT2D eigenvalue weighted by Crippen LogP contribution is 2.33. The van der Waals surface area contributed by atoms with Crippen LogP contribution in [-0.4, -0.2) is 79.9 Å². The Kier molecular flexibility index (Phi) is 5.17. The van der Waals surface area contributed by atoms with Crippen LogP contribution in [-0.2, 0) is 4.74 Å². The van der Waals surface area contributed by atoms with Crippen LogP contribution in [0.3, 0.4) is 0 Å². The van der Waals surface area contributed by atoms with Crippen molar-refractivity contribution in [1.82, 2.24) is 20.3 Å². The SMILES string of the molecule is CNC(=O)c1cn([C@@H]2C(O)[C@H](SC)OC(CO)[C@@H]2O)nn1. The molecule has 9 nitrogen and oxygen atoms in total. The second-order valence-corrected chi connectivity index (χ2v) is 5.53. The Bertz CT molecular complexity index is 483. The third-order valence-electron chi connectivity index (χ3n) is 3.36. The molecule has 2 unspecified atom stereocenters. The van der Waals surface area contributed by atoms with Crippen molar-refractivity contribution in [2.75, 3.05) is 19.9 Å². The van der Waals surface area contributed by atoms with Gasteiger partial charge in [0.2, 0.25) is 0 Å². The fourth-order valence-electron chi connectivity index (χ4n) is 2.23. The number of carbonyl (C=O) groups excluding carboxylic acids is 1. The summed E-state index contributed by atoms with van der Waals surface area (Å²) in [5.41, 5.74) is -0.548. The van der Waals surface area contributed by atoms with Gasteiger partial charge in [-0.3, -0.25) is 4.79 Å². The number of aliphatic hydroxyl groups is 3. The number of ether oxygens (including phenoxy) is 1. The van der Waals surface area contributed by atoms with E-state index < -0.39 is 42.3 Å². The van der Waals surface area contributed by atoms with Crippen LogP contribution in [0.25, 0.3) is 0 Å². The van der Waals surface area contributed by atoms with Crippen molar-refractivity contribution >= 4 is 17.7 Å². The van der Waals surface area contributed by atoms with E-state index in [2.05, 4.69) is 15.6 Å². The summed E-state index contributed by atoms with van der Waals surface area (Å²) in [4.78, 5) is 11.5. The van der Waals surface area contributed by atoms with Gasteiger partial charge in [-0.1, -0.05) is 5.21 Å². The lowest BCUT2D eigenvalue weighted by molar-refractivity contribution is -0.178. The zero-order valence-corrected chi connectivity index (χ0v) is 12.4. The Morgan fingerprint density at radius 2 is 2.24 bits per heavy atom. The van der Waals surface area contributed by atoms with Gasteiger partial charge in [-0.15, -0.1) is 16.9 Å². The largest absolute Gasteiger partial charge is 0.394 e. The van der Waals surface area contributed by atoms with Crippen LogP contribution in [0.4, 0.5) is 0 Å².